The monoisotopic (exact) mass is 300 g/mol. The van der Waals surface area contributed by atoms with E-state index in [-0.39, 0.29) is 5.78 Å². The number of furan rings is 1. The zero-order valence-corrected chi connectivity index (χ0v) is 12.1. The van der Waals surface area contributed by atoms with Gasteiger partial charge in [-0.25, -0.2) is 0 Å². The topological polar surface area (TPSA) is 30.2 Å². The van der Waals surface area contributed by atoms with Crippen LogP contribution in [0.3, 0.4) is 0 Å². The van der Waals surface area contributed by atoms with Crippen molar-refractivity contribution in [1.29, 1.82) is 0 Å². The molecule has 0 N–H and O–H groups in total. The van der Waals surface area contributed by atoms with E-state index in [4.69, 9.17) is 4.42 Å². The summed E-state index contributed by atoms with van der Waals surface area (Å²) in [6.45, 7) is 2.22. The molecule has 0 radical (unpaired) electrons. The van der Waals surface area contributed by atoms with Gasteiger partial charge in [0.2, 0.25) is 0 Å². The predicted molar refractivity (Wildman–Crippen MR) is 73.3 cm³/mol. The first-order valence-electron chi connectivity index (χ1n) is 6.52. The molecule has 0 aliphatic carbocycles. The molecule has 0 atom stereocenters. The Labute approximate surface area is 112 Å². The molecule has 0 saturated carbocycles. The van der Waals surface area contributed by atoms with Crippen molar-refractivity contribution in [1.82, 2.24) is 0 Å². The lowest BCUT2D eigenvalue weighted by molar-refractivity contribution is 0.0977. The van der Waals surface area contributed by atoms with Gasteiger partial charge in [-0.2, -0.15) is 0 Å². The van der Waals surface area contributed by atoms with Crippen LogP contribution in [0.5, 0.6) is 0 Å². The smallest absolute Gasteiger partial charge is 0.179 e. The molecular formula is C14H21BrO2. The number of hydrogen-bond donors (Lipinski definition) is 0. The maximum absolute atomic E-state index is 11.8. The van der Waals surface area contributed by atoms with E-state index in [1.165, 1.54) is 32.1 Å². The van der Waals surface area contributed by atoms with Crippen molar-refractivity contribution in [3.8, 4) is 0 Å². The fourth-order valence-corrected chi connectivity index (χ4v) is 2.33. The second-order valence-electron chi connectivity index (χ2n) is 4.40. The minimum Gasteiger partial charge on any atom is -0.457 e. The van der Waals surface area contributed by atoms with Crippen molar-refractivity contribution in [2.24, 2.45) is 0 Å². The molecule has 0 saturated heterocycles. The Morgan fingerprint density at radius 3 is 2.41 bits per heavy atom. The summed E-state index contributed by atoms with van der Waals surface area (Å²) < 4.78 is 5.61. The highest BCUT2D eigenvalue weighted by molar-refractivity contribution is 9.10. The Hall–Kier alpha value is -0.570. The third kappa shape index (κ3) is 5.53. The molecule has 3 heteroatoms. The summed E-state index contributed by atoms with van der Waals surface area (Å²) >= 11 is 3.23. The third-order valence-electron chi connectivity index (χ3n) is 2.93. The van der Waals surface area contributed by atoms with Crippen LogP contribution < -0.4 is 0 Å². The van der Waals surface area contributed by atoms with Crippen LogP contribution in [0.2, 0.25) is 0 Å². The highest BCUT2D eigenvalue weighted by atomic mass is 79.9. The van der Waals surface area contributed by atoms with Gasteiger partial charge in [0.25, 0.3) is 0 Å². The van der Waals surface area contributed by atoms with E-state index >= 15 is 0 Å². The maximum atomic E-state index is 11.8. The van der Waals surface area contributed by atoms with Gasteiger partial charge < -0.3 is 4.42 Å². The van der Waals surface area contributed by atoms with E-state index < -0.39 is 0 Å². The third-order valence-corrected chi connectivity index (χ3v) is 3.54. The van der Waals surface area contributed by atoms with Crippen molar-refractivity contribution in [2.45, 2.75) is 58.3 Å². The number of ketones is 1. The lowest BCUT2D eigenvalue weighted by atomic mass is 10.0. The standard InChI is InChI=1S/C14H21BrO2/c1-2-3-4-5-6-7-8-9-13(16)12-10-11-17-14(12)15/h10-11H,2-9H2,1H3. The Balaban J connectivity index is 2.07. The van der Waals surface area contributed by atoms with Gasteiger partial charge >= 0.3 is 0 Å². The Kier molecular flexibility index (Phi) is 7.25. The summed E-state index contributed by atoms with van der Waals surface area (Å²) in [7, 11) is 0. The van der Waals surface area contributed by atoms with E-state index in [0.717, 1.165) is 12.8 Å². The molecule has 96 valence electrons. The number of carbonyl (C=O) groups excluding carboxylic acids is 1. The van der Waals surface area contributed by atoms with Crippen molar-refractivity contribution < 1.29 is 9.21 Å². The number of halogens is 1. The maximum Gasteiger partial charge on any atom is 0.179 e. The van der Waals surface area contributed by atoms with Gasteiger partial charge in [0.1, 0.15) is 0 Å². The SMILES string of the molecule is CCCCCCCCCC(=O)c1ccoc1Br. The van der Waals surface area contributed by atoms with Crippen molar-refractivity contribution >= 4 is 21.7 Å². The first-order chi connectivity index (χ1) is 8.25. The first kappa shape index (κ1) is 14.5. The lowest BCUT2D eigenvalue weighted by Gasteiger charge is -2.00. The van der Waals surface area contributed by atoms with Crippen molar-refractivity contribution in [3.05, 3.63) is 22.6 Å². The highest BCUT2D eigenvalue weighted by Crippen LogP contribution is 2.20. The van der Waals surface area contributed by atoms with Gasteiger partial charge in [0.15, 0.2) is 10.5 Å². The van der Waals surface area contributed by atoms with E-state index in [2.05, 4.69) is 22.9 Å². The summed E-state index contributed by atoms with van der Waals surface area (Å²) in [6, 6.07) is 1.73. The predicted octanol–water partition coefficient (Wildman–Crippen LogP) is 5.37. The van der Waals surface area contributed by atoms with Crippen LogP contribution in [0.4, 0.5) is 0 Å². The molecular weight excluding hydrogens is 280 g/mol. The number of unbranched alkanes of at least 4 members (excludes halogenated alkanes) is 6. The number of rotatable bonds is 9. The van der Waals surface area contributed by atoms with Crippen molar-refractivity contribution in [2.75, 3.05) is 0 Å². The second kappa shape index (κ2) is 8.51. The fraction of sp³-hybridized carbons (Fsp3) is 0.643. The van der Waals surface area contributed by atoms with E-state index in [1.54, 1.807) is 12.3 Å². The van der Waals surface area contributed by atoms with Gasteiger partial charge in [-0.15, -0.1) is 0 Å². The summed E-state index contributed by atoms with van der Waals surface area (Å²) in [5, 5.41) is 0. The molecule has 0 fully saturated rings. The summed E-state index contributed by atoms with van der Waals surface area (Å²) in [5.41, 5.74) is 0.677. The molecule has 0 unspecified atom stereocenters. The van der Waals surface area contributed by atoms with Gasteiger partial charge in [0, 0.05) is 6.42 Å². The molecule has 1 aromatic heterocycles. The normalized spacial score (nSPS) is 10.7. The fourth-order valence-electron chi connectivity index (χ4n) is 1.87. The average Bonchev–Trinajstić information content (AvgIpc) is 2.74. The minimum atomic E-state index is 0.180. The van der Waals surface area contributed by atoms with E-state index in [1.807, 2.05) is 0 Å². The molecule has 0 spiro atoms. The summed E-state index contributed by atoms with van der Waals surface area (Å²) in [4.78, 5) is 11.8. The quantitative estimate of drug-likeness (QED) is 0.453. The molecule has 1 aromatic rings. The largest absolute Gasteiger partial charge is 0.457 e. The summed E-state index contributed by atoms with van der Waals surface area (Å²) in [5.74, 6) is 0.180. The Bertz CT molecular complexity index is 331. The number of carbonyl (C=O) groups is 1. The van der Waals surface area contributed by atoms with E-state index in [0.29, 0.717) is 16.7 Å². The van der Waals surface area contributed by atoms with Gasteiger partial charge in [-0.3, -0.25) is 4.79 Å². The Morgan fingerprint density at radius 2 is 1.82 bits per heavy atom. The van der Waals surface area contributed by atoms with Crippen LogP contribution in [-0.2, 0) is 0 Å². The first-order valence-corrected chi connectivity index (χ1v) is 7.31. The molecule has 0 bridgehead atoms. The van der Waals surface area contributed by atoms with Crippen LogP contribution in [-0.4, -0.2) is 5.78 Å². The number of Topliss-reactive ketones (excluding diaryl/α,β-unsaturated/α-hetero) is 1. The molecule has 0 aromatic carbocycles. The lowest BCUT2D eigenvalue weighted by Crippen LogP contribution is -1.97. The van der Waals surface area contributed by atoms with Crippen LogP contribution in [0, 0.1) is 0 Å². The molecule has 1 rings (SSSR count). The molecule has 0 amide bonds. The van der Waals surface area contributed by atoms with Crippen LogP contribution >= 0.6 is 15.9 Å². The van der Waals surface area contributed by atoms with Gasteiger partial charge in [-0.05, 0) is 28.4 Å². The molecule has 1 heterocycles. The van der Waals surface area contributed by atoms with Crippen molar-refractivity contribution in [3.63, 3.8) is 0 Å². The molecule has 17 heavy (non-hydrogen) atoms. The molecule has 0 aliphatic heterocycles. The zero-order valence-electron chi connectivity index (χ0n) is 10.5. The number of hydrogen-bond acceptors (Lipinski definition) is 2. The van der Waals surface area contributed by atoms with Crippen LogP contribution in [0.1, 0.15) is 68.6 Å². The average molecular weight is 301 g/mol. The highest BCUT2D eigenvalue weighted by Gasteiger charge is 2.11. The van der Waals surface area contributed by atoms with Gasteiger partial charge in [0.05, 0.1) is 11.8 Å². The second-order valence-corrected chi connectivity index (χ2v) is 5.12. The summed E-state index contributed by atoms with van der Waals surface area (Å²) in [6.07, 6.45) is 10.8. The van der Waals surface area contributed by atoms with Crippen LogP contribution in [0.15, 0.2) is 21.4 Å². The Morgan fingerprint density at radius 1 is 1.18 bits per heavy atom. The van der Waals surface area contributed by atoms with Crippen LogP contribution in [0.25, 0.3) is 0 Å². The zero-order chi connectivity index (χ0) is 12.5. The molecule has 2 nitrogen and oxygen atoms in total. The minimum absolute atomic E-state index is 0.180. The van der Waals surface area contributed by atoms with Gasteiger partial charge in [-0.1, -0.05) is 45.4 Å². The van der Waals surface area contributed by atoms with E-state index in [9.17, 15) is 4.79 Å². The molecule has 0 aliphatic rings.